The Morgan fingerprint density at radius 1 is 1.25 bits per heavy atom. The van der Waals surface area contributed by atoms with E-state index < -0.39 is 10.0 Å². The van der Waals surface area contributed by atoms with Gasteiger partial charge in [-0.3, -0.25) is 0 Å². The molecular weight excluding hydrogens is 319 g/mol. The number of halogens is 2. The van der Waals surface area contributed by atoms with Gasteiger partial charge in [0.1, 0.15) is 4.90 Å². The van der Waals surface area contributed by atoms with Crippen LogP contribution in [-0.2, 0) is 10.0 Å². The normalized spacial score (nSPS) is 23.1. The minimum Gasteiger partial charge on any atom is -0.328 e. The van der Waals surface area contributed by atoms with E-state index in [0.717, 1.165) is 31.2 Å². The Morgan fingerprint density at radius 2 is 1.85 bits per heavy atom. The number of benzene rings is 1. The quantitative estimate of drug-likeness (QED) is 0.889. The second-order valence-electron chi connectivity index (χ2n) is 5.17. The number of hydrogen-bond acceptors (Lipinski definition) is 3. The average Bonchev–Trinajstić information content (AvgIpc) is 2.35. The molecular formula is C13H20Cl2N2O2S. The Bertz CT molecular complexity index is 555. The highest BCUT2D eigenvalue weighted by molar-refractivity contribution is 7.89. The van der Waals surface area contributed by atoms with E-state index in [4.69, 9.17) is 17.3 Å². The second kappa shape index (κ2) is 7.09. The maximum Gasteiger partial charge on any atom is 0.242 e. The first-order valence-corrected chi connectivity index (χ1v) is 8.28. The Labute approximate surface area is 131 Å². The third-order valence-electron chi connectivity index (χ3n) is 3.47. The van der Waals surface area contributed by atoms with Crippen molar-refractivity contribution in [3.63, 3.8) is 0 Å². The van der Waals surface area contributed by atoms with Crippen LogP contribution in [0.2, 0.25) is 5.02 Å². The predicted molar refractivity (Wildman–Crippen MR) is 84.0 cm³/mol. The Balaban J connectivity index is 0.00000200. The lowest BCUT2D eigenvalue weighted by Crippen LogP contribution is -2.40. The van der Waals surface area contributed by atoms with Gasteiger partial charge in [-0.15, -0.1) is 12.4 Å². The predicted octanol–water partition coefficient (Wildman–Crippen LogP) is 2.62. The van der Waals surface area contributed by atoms with Gasteiger partial charge in [0.25, 0.3) is 0 Å². The van der Waals surface area contributed by atoms with E-state index in [2.05, 4.69) is 4.72 Å². The van der Waals surface area contributed by atoms with Gasteiger partial charge in [0.2, 0.25) is 10.0 Å². The molecule has 0 aromatic heterocycles. The number of aryl methyl sites for hydroxylation is 1. The van der Waals surface area contributed by atoms with Gasteiger partial charge in [-0.1, -0.05) is 17.7 Å². The van der Waals surface area contributed by atoms with Crippen LogP contribution < -0.4 is 10.5 Å². The second-order valence-corrected chi connectivity index (χ2v) is 7.26. The number of rotatable bonds is 3. The van der Waals surface area contributed by atoms with Crippen LogP contribution in [0.1, 0.15) is 31.2 Å². The van der Waals surface area contributed by atoms with Gasteiger partial charge in [0, 0.05) is 12.1 Å². The van der Waals surface area contributed by atoms with Crippen molar-refractivity contribution in [1.29, 1.82) is 0 Å². The molecule has 2 rings (SSSR count). The number of hydrogen-bond donors (Lipinski definition) is 2. The molecule has 0 spiro atoms. The van der Waals surface area contributed by atoms with Crippen LogP contribution in [0.4, 0.5) is 0 Å². The molecule has 114 valence electrons. The van der Waals surface area contributed by atoms with Crippen LogP contribution in [0.5, 0.6) is 0 Å². The first-order chi connectivity index (χ1) is 8.88. The van der Waals surface area contributed by atoms with E-state index in [1.165, 1.54) is 0 Å². The molecule has 1 aliphatic rings. The Hall–Kier alpha value is -0.330. The number of sulfonamides is 1. The molecule has 0 radical (unpaired) electrons. The zero-order valence-electron chi connectivity index (χ0n) is 11.3. The van der Waals surface area contributed by atoms with Gasteiger partial charge >= 0.3 is 0 Å². The van der Waals surface area contributed by atoms with Gasteiger partial charge in [-0.05, 0) is 50.3 Å². The summed E-state index contributed by atoms with van der Waals surface area (Å²) in [7, 11) is -3.55. The van der Waals surface area contributed by atoms with Crippen molar-refractivity contribution in [3.05, 3.63) is 28.8 Å². The summed E-state index contributed by atoms with van der Waals surface area (Å²) < 4.78 is 27.4. The molecule has 0 saturated heterocycles. The fourth-order valence-electron chi connectivity index (χ4n) is 2.34. The fraction of sp³-hybridized carbons (Fsp3) is 0.538. The molecule has 1 saturated carbocycles. The maximum absolute atomic E-state index is 12.3. The van der Waals surface area contributed by atoms with Crippen molar-refractivity contribution < 1.29 is 8.42 Å². The summed E-state index contributed by atoms with van der Waals surface area (Å²) >= 11 is 5.98. The SMILES string of the molecule is Cc1ccc(Cl)c(S(=O)(=O)NC2CCC(N)CC2)c1.Cl. The highest BCUT2D eigenvalue weighted by Crippen LogP contribution is 2.24. The lowest BCUT2D eigenvalue weighted by atomic mass is 9.93. The largest absolute Gasteiger partial charge is 0.328 e. The van der Waals surface area contributed by atoms with Gasteiger partial charge in [0.15, 0.2) is 0 Å². The monoisotopic (exact) mass is 338 g/mol. The summed E-state index contributed by atoms with van der Waals surface area (Å²) in [5.74, 6) is 0. The van der Waals surface area contributed by atoms with Crippen molar-refractivity contribution in [1.82, 2.24) is 4.72 Å². The molecule has 7 heteroatoms. The highest BCUT2D eigenvalue weighted by Gasteiger charge is 2.25. The third kappa shape index (κ3) is 4.33. The summed E-state index contributed by atoms with van der Waals surface area (Å²) in [6, 6.07) is 5.16. The van der Waals surface area contributed by atoms with Crippen molar-refractivity contribution in [3.8, 4) is 0 Å². The molecule has 0 bridgehead atoms. The van der Waals surface area contributed by atoms with Gasteiger partial charge in [0.05, 0.1) is 5.02 Å². The summed E-state index contributed by atoms with van der Waals surface area (Å²) in [4.78, 5) is 0.157. The van der Waals surface area contributed by atoms with E-state index in [-0.39, 0.29) is 34.4 Å². The molecule has 1 aliphatic carbocycles. The smallest absolute Gasteiger partial charge is 0.242 e. The third-order valence-corrected chi connectivity index (χ3v) is 5.47. The standard InChI is InChI=1S/C13H19ClN2O2S.ClH/c1-9-2-7-12(14)13(8-9)19(17,18)16-11-5-3-10(15)4-6-11;/h2,7-8,10-11,16H,3-6,15H2,1H3;1H. The van der Waals surface area contributed by atoms with Crippen LogP contribution in [0.3, 0.4) is 0 Å². The molecule has 1 fully saturated rings. The summed E-state index contributed by atoms with van der Waals surface area (Å²) in [5, 5.41) is 0.255. The van der Waals surface area contributed by atoms with Crippen molar-refractivity contribution >= 4 is 34.0 Å². The summed E-state index contributed by atoms with van der Waals surface area (Å²) in [6.07, 6.45) is 3.27. The van der Waals surface area contributed by atoms with Crippen LogP contribution in [-0.4, -0.2) is 20.5 Å². The molecule has 0 unspecified atom stereocenters. The highest BCUT2D eigenvalue weighted by atomic mass is 35.5. The topological polar surface area (TPSA) is 72.2 Å². The molecule has 0 atom stereocenters. The minimum absolute atomic E-state index is 0. The molecule has 3 N–H and O–H groups in total. The lowest BCUT2D eigenvalue weighted by Gasteiger charge is -2.26. The van der Waals surface area contributed by atoms with Crippen molar-refractivity contribution in [2.24, 2.45) is 5.73 Å². The van der Waals surface area contributed by atoms with Crippen LogP contribution in [0, 0.1) is 6.92 Å². The zero-order chi connectivity index (χ0) is 14.0. The van der Waals surface area contributed by atoms with E-state index in [0.29, 0.717) is 0 Å². The Morgan fingerprint density at radius 3 is 2.45 bits per heavy atom. The van der Waals surface area contributed by atoms with Crippen molar-refractivity contribution in [2.45, 2.75) is 49.6 Å². The molecule has 20 heavy (non-hydrogen) atoms. The first kappa shape index (κ1) is 17.7. The van der Waals surface area contributed by atoms with Gasteiger partial charge in [-0.25, -0.2) is 13.1 Å². The first-order valence-electron chi connectivity index (χ1n) is 6.42. The fourth-order valence-corrected chi connectivity index (χ4v) is 4.23. The molecule has 0 amide bonds. The van der Waals surface area contributed by atoms with E-state index in [1.54, 1.807) is 18.2 Å². The van der Waals surface area contributed by atoms with Gasteiger partial charge < -0.3 is 5.73 Å². The average molecular weight is 339 g/mol. The van der Waals surface area contributed by atoms with Gasteiger partial charge in [-0.2, -0.15) is 0 Å². The van der Waals surface area contributed by atoms with E-state index in [9.17, 15) is 8.42 Å². The number of nitrogens with one attached hydrogen (secondary N) is 1. The zero-order valence-corrected chi connectivity index (χ0v) is 13.7. The summed E-state index contributed by atoms with van der Waals surface area (Å²) in [6.45, 7) is 1.84. The maximum atomic E-state index is 12.3. The molecule has 4 nitrogen and oxygen atoms in total. The van der Waals surface area contributed by atoms with E-state index >= 15 is 0 Å². The van der Waals surface area contributed by atoms with E-state index in [1.807, 2.05) is 6.92 Å². The molecule has 0 heterocycles. The lowest BCUT2D eigenvalue weighted by molar-refractivity contribution is 0.373. The minimum atomic E-state index is -3.55. The van der Waals surface area contributed by atoms with Crippen molar-refractivity contribution in [2.75, 3.05) is 0 Å². The Kier molecular flexibility index (Phi) is 6.28. The summed E-state index contributed by atoms with van der Waals surface area (Å²) in [5.41, 5.74) is 6.69. The molecule has 1 aromatic carbocycles. The number of nitrogens with two attached hydrogens (primary N) is 1. The van der Waals surface area contributed by atoms with Crippen LogP contribution >= 0.6 is 24.0 Å². The van der Waals surface area contributed by atoms with Crippen LogP contribution in [0.15, 0.2) is 23.1 Å². The van der Waals surface area contributed by atoms with Crippen LogP contribution in [0.25, 0.3) is 0 Å². The molecule has 0 aliphatic heterocycles. The molecule has 1 aromatic rings.